The number of H-pyrrole nitrogens is 1. The first-order valence-corrected chi connectivity index (χ1v) is 12.3. The van der Waals surface area contributed by atoms with Crippen LogP contribution < -0.4 is 11.1 Å². The van der Waals surface area contributed by atoms with Crippen molar-refractivity contribution >= 4 is 53.0 Å². The first-order chi connectivity index (χ1) is 17.6. The third-order valence-electron chi connectivity index (χ3n) is 5.55. The zero-order valence-electron chi connectivity index (χ0n) is 18.5. The fourth-order valence-corrected chi connectivity index (χ4v) is 6.38. The van der Waals surface area contributed by atoms with Gasteiger partial charge < -0.3 is 21.3 Å². The summed E-state index contributed by atoms with van der Waals surface area (Å²) in [4.78, 5) is 60.7. The number of hydrogen-bond donors (Lipinski definition) is 5. The Hall–Kier alpha value is -4.03. The van der Waals surface area contributed by atoms with Crippen molar-refractivity contribution < 1.29 is 34.3 Å². The molecule has 4 rings (SSSR count). The van der Waals surface area contributed by atoms with Crippen molar-refractivity contribution in [3.05, 3.63) is 51.2 Å². The Morgan fingerprint density at radius 3 is 2.76 bits per heavy atom. The van der Waals surface area contributed by atoms with Crippen LogP contribution in [0.2, 0.25) is 0 Å². The number of nitro benzene ring substituents is 1. The number of carboxylic acids is 2. The lowest BCUT2D eigenvalue weighted by atomic mass is 9.99. The number of nitrogens with one attached hydrogen (secondary N) is 2. The number of carbonyl (C=O) groups excluding carboxylic acids is 2. The summed E-state index contributed by atoms with van der Waals surface area (Å²) in [6.07, 6.45) is -0.455. The Morgan fingerprint density at radius 2 is 2.14 bits per heavy atom. The van der Waals surface area contributed by atoms with Crippen LogP contribution in [0.3, 0.4) is 0 Å². The summed E-state index contributed by atoms with van der Waals surface area (Å²) >= 11 is 2.07. The average Bonchev–Trinajstić information content (AvgIpc) is 3.38. The molecule has 1 aromatic carbocycles. The minimum atomic E-state index is -1.43. The molecule has 0 aliphatic carbocycles. The first kappa shape index (κ1) is 26.0. The largest absolute Gasteiger partial charge is 0.481 e. The van der Waals surface area contributed by atoms with Crippen LogP contribution in [0.25, 0.3) is 0 Å². The third-order valence-corrected chi connectivity index (χ3v) is 7.98. The summed E-state index contributed by atoms with van der Waals surface area (Å²) in [6, 6.07) is 2.79. The van der Waals surface area contributed by atoms with E-state index in [1.165, 1.54) is 18.2 Å². The van der Waals surface area contributed by atoms with Crippen molar-refractivity contribution in [2.45, 2.75) is 34.3 Å². The summed E-state index contributed by atoms with van der Waals surface area (Å²) in [5, 5.41) is 44.3. The van der Waals surface area contributed by atoms with Gasteiger partial charge in [0.05, 0.1) is 11.3 Å². The van der Waals surface area contributed by atoms with Gasteiger partial charge in [-0.05, 0) is 21.6 Å². The van der Waals surface area contributed by atoms with Gasteiger partial charge in [-0.1, -0.05) is 23.9 Å². The molecule has 2 aromatic rings. The number of fused-ring (bicyclic) bond motifs is 1. The van der Waals surface area contributed by atoms with Gasteiger partial charge in [0.25, 0.3) is 11.6 Å². The van der Waals surface area contributed by atoms with Crippen LogP contribution in [0.5, 0.6) is 0 Å². The molecule has 4 atom stereocenters. The second-order valence-electron chi connectivity index (χ2n) is 7.82. The van der Waals surface area contributed by atoms with E-state index in [0.717, 1.165) is 34.5 Å². The molecule has 1 aromatic heterocycles. The van der Waals surface area contributed by atoms with E-state index in [1.54, 1.807) is 0 Å². The van der Waals surface area contributed by atoms with Crippen LogP contribution in [0.4, 0.5) is 5.69 Å². The molecule has 0 spiro atoms. The number of tetrazole rings is 1. The molecule has 2 aliphatic heterocycles. The number of carbonyl (C=O) groups is 4. The highest BCUT2D eigenvalue weighted by Gasteiger charge is 2.55. The van der Waals surface area contributed by atoms with Gasteiger partial charge in [-0.25, -0.2) is 9.89 Å². The number of hydrogen-bond acceptors (Lipinski definition) is 12. The molecule has 194 valence electrons. The minimum Gasteiger partial charge on any atom is -0.481 e. The molecule has 3 unspecified atom stereocenters. The highest BCUT2D eigenvalue weighted by Crippen LogP contribution is 2.44. The number of carboxylic acid groups (broad SMARTS) is 2. The van der Waals surface area contributed by atoms with E-state index in [-0.39, 0.29) is 33.4 Å². The molecule has 16 nitrogen and oxygen atoms in total. The lowest BCUT2D eigenvalue weighted by Gasteiger charge is -2.50. The van der Waals surface area contributed by atoms with Crippen LogP contribution in [0.1, 0.15) is 18.0 Å². The molecule has 1 saturated heterocycles. The van der Waals surface area contributed by atoms with Gasteiger partial charge in [0.1, 0.15) is 23.2 Å². The molecule has 1 fully saturated rings. The fourth-order valence-electron chi connectivity index (χ4n) is 3.85. The number of non-ortho nitro benzene ring substituents is 1. The molecule has 37 heavy (non-hydrogen) atoms. The number of aliphatic carboxylic acids is 2. The molecular formula is C19H18N8O8S2. The summed E-state index contributed by atoms with van der Waals surface area (Å²) in [6.45, 7) is 0. The van der Waals surface area contributed by atoms with Gasteiger partial charge >= 0.3 is 11.9 Å². The first-order valence-electron chi connectivity index (χ1n) is 10.4. The van der Waals surface area contributed by atoms with Crippen LogP contribution in [-0.4, -0.2) is 86.8 Å². The number of β-lactam (4-membered cyclic amide) rings is 1. The van der Waals surface area contributed by atoms with Crippen LogP contribution in [0, 0.1) is 10.1 Å². The number of rotatable bonds is 10. The predicted octanol–water partition coefficient (Wildman–Crippen LogP) is -0.518. The van der Waals surface area contributed by atoms with E-state index >= 15 is 0 Å². The van der Waals surface area contributed by atoms with Gasteiger partial charge in [0.15, 0.2) is 0 Å². The average molecular weight is 551 g/mol. The van der Waals surface area contributed by atoms with E-state index < -0.39 is 57.8 Å². The monoisotopic (exact) mass is 550 g/mol. The van der Waals surface area contributed by atoms with Gasteiger partial charge in [-0.2, -0.15) is 0 Å². The number of aromatic nitrogens is 4. The normalized spacial score (nSPS) is 20.5. The zero-order chi connectivity index (χ0) is 26.9. The summed E-state index contributed by atoms with van der Waals surface area (Å²) in [5.41, 5.74) is 5.69. The van der Waals surface area contributed by atoms with Gasteiger partial charge in [0, 0.05) is 23.1 Å². The quantitative estimate of drug-likeness (QED) is 0.108. The van der Waals surface area contributed by atoms with Crippen molar-refractivity contribution in [3.63, 3.8) is 0 Å². The zero-order valence-corrected chi connectivity index (χ0v) is 20.1. The van der Waals surface area contributed by atoms with Crippen LogP contribution >= 0.6 is 23.5 Å². The lowest BCUT2D eigenvalue weighted by molar-refractivity contribution is -0.384. The Balaban J connectivity index is 1.54. The maximum atomic E-state index is 13.0. The number of aromatic amines is 1. The van der Waals surface area contributed by atoms with Crippen LogP contribution in [0.15, 0.2) is 40.7 Å². The topological polar surface area (TPSA) is 248 Å². The second kappa shape index (κ2) is 10.5. The Kier molecular flexibility index (Phi) is 7.41. The highest BCUT2D eigenvalue weighted by molar-refractivity contribution is 8.01. The lowest BCUT2D eigenvalue weighted by Crippen LogP contribution is -2.71. The van der Waals surface area contributed by atoms with E-state index in [2.05, 4.69) is 25.9 Å². The SMILES string of the molecule is NC(C(=O)NC1C(=O)N2C(C(=O)O)=C(C(CC(=O)O)Sc3nnn[nH]3)CS[C@@H]12)c1cccc([N+](=O)[O-])c1. The Morgan fingerprint density at radius 1 is 1.38 bits per heavy atom. The van der Waals surface area contributed by atoms with E-state index in [0.29, 0.717) is 0 Å². The number of nitro groups is 1. The molecule has 0 bridgehead atoms. The molecule has 6 N–H and O–H groups in total. The predicted molar refractivity (Wildman–Crippen MR) is 126 cm³/mol. The van der Waals surface area contributed by atoms with Crippen molar-refractivity contribution in [1.82, 2.24) is 30.8 Å². The fraction of sp³-hybridized carbons (Fsp3) is 0.316. The Labute approximate surface area is 215 Å². The van der Waals surface area contributed by atoms with Crippen LogP contribution in [-0.2, 0) is 19.2 Å². The molecule has 18 heteroatoms. The van der Waals surface area contributed by atoms with E-state index in [1.807, 2.05) is 0 Å². The minimum absolute atomic E-state index is 0.0614. The van der Waals surface area contributed by atoms with Gasteiger partial charge in [-0.15, -0.1) is 16.9 Å². The number of thioether (sulfide) groups is 2. The smallest absolute Gasteiger partial charge is 0.352 e. The number of amides is 2. The number of nitrogens with two attached hydrogens (primary N) is 1. The van der Waals surface area contributed by atoms with Gasteiger partial charge in [0.2, 0.25) is 11.1 Å². The number of nitrogens with zero attached hydrogens (tertiary/aromatic N) is 5. The molecule has 3 heterocycles. The van der Waals surface area contributed by atoms with E-state index in [9.17, 15) is 39.5 Å². The highest BCUT2D eigenvalue weighted by atomic mass is 32.2. The maximum Gasteiger partial charge on any atom is 0.352 e. The summed E-state index contributed by atoms with van der Waals surface area (Å²) in [7, 11) is 0. The van der Waals surface area contributed by atoms with Crippen molar-refractivity contribution in [2.75, 3.05) is 5.75 Å². The third kappa shape index (κ3) is 5.25. The molecule has 0 radical (unpaired) electrons. The van der Waals surface area contributed by atoms with Gasteiger partial charge in [-0.3, -0.25) is 29.4 Å². The van der Waals surface area contributed by atoms with Crippen molar-refractivity contribution in [3.8, 4) is 0 Å². The Bertz CT molecular complexity index is 1300. The summed E-state index contributed by atoms with van der Waals surface area (Å²) < 4.78 is 0. The standard InChI is InChI=1S/C19H18N8O8S2/c20-12(7-2-1-3-8(4-7)27(34)35)15(30)21-13-16(31)26-14(18(32)33)9(6-36-17(13)26)10(5-11(28)29)37-19-22-24-25-23-19/h1-4,10,12-13,17H,5-6,20H2,(H,21,30)(H,28,29)(H,32,33)(H,22,23,24,25)/t10?,12?,13?,17-/m0/s1. The van der Waals surface area contributed by atoms with Crippen molar-refractivity contribution in [1.29, 1.82) is 0 Å². The molecule has 2 amide bonds. The molecule has 0 saturated carbocycles. The van der Waals surface area contributed by atoms with E-state index in [4.69, 9.17) is 5.73 Å². The number of benzene rings is 1. The van der Waals surface area contributed by atoms with Crippen molar-refractivity contribution in [2.24, 2.45) is 5.73 Å². The second-order valence-corrected chi connectivity index (χ2v) is 10.1. The summed E-state index contributed by atoms with van der Waals surface area (Å²) in [5.74, 6) is -4.05. The molecule has 2 aliphatic rings. The maximum absolute atomic E-state index is 13.0. The molecular weight excluding hydrogens is 532 g/mol.